The van der Waals surface area contributed by atoms with Gasteiger partial charge in [0.25, 0.3) is 5.91 Å². The van der Waals surface area contributed by atoms with Gasteiger partial charge in [0, 0.05) is 23.7 Å². The molecule has 0 heterocycles. The average molecular weight is 484 g/mol. The van der Waals surface area contributed by atoms with Crippen molar-refractivity contribution >= 4 is 35.2 Å². The number of hydrogen-bond acceptors (Lipinski definition) is 5. The van der Waals surface area contributed by atoms with Crippen molar-refractivity contribution in [3.63, 3.8) is 0 Å². The second kappa shape index (κ2) is 13.0. The van der Waals surface area contributed by atoms with Crippen molar-refractivity contribution in [1.29, 1.82) is 0 Å². The van der Waals surface area contributed by atoms with Crippen LogP contribution in [0.3, 0.4) is 0 Å². The molecule has 2 aromatic carbocycles. The maximum absolute atomic E-state index is 12.7. The van der Waals surface area contributed by atoms with Crippen LogP contribution in [0.1, 0.15) is 49.4 Å². The molecule has 1 aliphatic carbocycles. The first-order chi connectivity index (χ1) is 16.5. The quantitative estimate of drug-likeness (QED) is 0.491. The molecule has 3 amide bonds. The molecule has 0 radical (unpaired) electrons. The number of thioether (sulfide) groups is 1. The molecular formula is C26H33N3O4S. The molecule has 0 saturated heterocycles. The fraction of sp³-hybridized carbons (Fsp3) is 0.423. The van der Waals surface area contributed by atoms with Crippen molar-refractivity contribution in [1.82, 2.24) is 10.2 Å². The highest BCUT2D eigenvalue weighted by molar-refractivity contribution is 8.00. The lowest BCUT2D eigenvalue weighted by molar-refractivity contribution is -0.129. The predicted molar refractivity (Wildman–Crippen MR) is 135 cm³/mol. The second-order valence-corrected chi connectivity index (χ2v) is 9.29. The zero-order valence-corrected chi connectivity index (χ0v) is 20.7. The summed E-state index contributed by atoms with van der Waals surface area (Å²) in [4.78, 5) is 40.3. The summed E-state index contributed by atoms with van der Waals surface area (Å²) < 4.78 is 5.39. The lowest BCUT2D eigenvalue weighted by Gasteiger charge is -2.31. The van der Waals surface area contributed by atoms with E-state index < -0.39 is 0 Å². The molecule has 7 nitrogen and oxygen atoms in total. The molecule has 34 heavy (non-hydrogen) atoms. The molecule has 182 valence electrons. The molecule has 0 spiro atoms. The largest absolute Gasteiger partial charge is 0.494 e. The zero-order chi connectivity index (χ0) is 24.3. The fourth-order valence-electron chi connectivity index (χ4n) is 3.96. The van der Waals surface area contributed by atoms with Gasteiger partial charge < -0.3 is 20.3 Å². The van der Waals surface area contributed by atoms with Crippen molar-refractivity contribution in [2.75, 3.05) is 31.3 Å². The number of ether oxygens (including phenoxy) is 1. The maximum atomic E-state index is 12.7. The minimum Gasteiger partial charge on any atom is -0.494 e. The number of rotatable bonds is 10. The Hall–Kier alpha value is -3.00. The Morgan fingerprint density at radius 1 is 1.03 bits per heavy atom. The summed E-state index contributed by atoms with van der Waals surface area (Å²) in [6.07, 6.45) is 5.71. The van der Waals surface area contributed by atoms with E-state index in [1.54, 1.807) is 36.4 Å². The Morgan fingerprint density at radius 3 is 2.44 bits per heavy atom. The second-order valence-electron chi connectivity index (χ2n) is 8.27. The Morgan fingerprint density at radius 2 is 1.74 bits per heavy atom. The Kier molecular flexibility index (Phi) is 9.82. The van der Waals surface area contributed by atoms with E-state index in [4.69, 9.17) is 4.74 Å². The third kappa shape index (κ3) is 7.52. The van der Waals surface area contributed by atoms with Gasteiger partial charge in [-0.2, -0.15) is 0 Å². The number of anilines is 1. The summed E-state index contributed by atoms with van der Waals surface area (Å²) in [7, 11) is 1.88. The van der Waals surface area contributed by atoms with Crippen molar-refractivity contribution < 1.29 is 19.1 Å². The van der Waals surface area contributed by atoms with Gasteiger partial charge in [-0.15, -0.1) is 11.8 Å². The molecule has 2 aromatic rings. The van der Waals surface area contributed by atoms with E-state index in [1.165, 1.54) is 31.0 Å². The number of hydrogen-bond donors (Lipinski definition) is 2. The highest BCUT2D eigenvalue weighted by Crippen LogP contribution is 2.25. The van der Waals surface area contributed by atoms with Crippen LogP contribution in [0.25, 0.3) is 0 Å². The summed E-state index contributed by atoms with van der Waals surface area (Å²) in [6.45, 7) is 2.32. The first-order valence-corrected chi connectivity index (χ1v) is 12.7. The van der Waals surface area contributed by atoms with E-state index in [0.717, 1.165) is 23.5 Å². The van der Waals surface area contributed by atoms with Crippen LogP contribution in [0, 0.1) is 0 Å². The topological polar surface area (TPSA) is 87.7 Å². The number of carbonyl (C=O) groups excluding carboxylic acids is 3. The fourth-order valence-corrected chi connectivity index (χ4v) is 4.93. The van der Waals surface area contributed by atoms with Gasteiger partial charge in [0.05, 0.1) is 24.5 Å². The first kappa shape index (κ1) is 25.6. The standard InChI is InChI=1S/C26H33N3O4S/c1-3-33-21-15-13-19(14-16-21)28-24(30)17-27-26(32)22-11-7-8-12-23(22)34-18-25(31)29(2)20-9-5-4-6-10-20/h7-8,11-16,20H,3-6,9-10,17-18H2,1-2H3,(H,27,32)(H,28,30). The molecule has 3 rings (SSSR count). The molecular weight excluding hydrogens is 450 g/mol. The molecule has 0 atom stereocenters. The molecule has 8 heteroatoms. The van der Waals surface area contributed by atoms with Crippen LogP contribution in [0.5, 0.6) is 5.75 Å². The normalized spacial score (nSPS) is 13.7. The van der Waals surface area contributed by atoms with Crippen molar-refractivity contribution in [3.05, 3.63) is 54.1 Å². The van der Waals surface area contributed by atoms with E-state index in [9.17, 15) is 14.4 Å². The summed E-state index contributed by atoms with van der Waals surface area (Å²) in [5.41, 5.74) is 1.08. The minimum absolute atomic E-state index is 0.0712. The van der Waals surface area contributed by atoms with Gasteiger partial charge in [-0.05, 0) is 56.2 Å². The SMILES string of the molecule is CCOc1ccc(NC(=O)CNC(=O)c2ccccc2SCC(=O)N(C)C2CCCCC2)cc1. The van der Waals surface area contributed by atoms with Gasteiger partial charge >= 0.3 is 0 Å². The minimum atomic E-state index is -0.349. The van der Waals surface area contributed by atoms with E-state index in [-0.39, 0.29) is 30.0 Å². The highest BCUT2D eigenvalue weighted by atomic mass is 32.2. The van der Waals surface area contributed by atoms with Crippen LogP contribution in [0.2, 0.25) is 0 Å². The smallest absolute Gasteiger partial charge is 0.252 e. The van der Waals surface area contributed by atoms with E-state index >= 15 is 0 Å². The highest BCUT2D eigenvalue weighted by Gasteiger charge is 2.22. The lowest BCUT2D eigenvalue weighted by Crippen LogP contribution is -2.39. The monoisotopic (exact) mass is 483 g/mol. The van der Waals surface area contributed by atoms with Crippen LogP contribution in [-0.2, 0) is 9.59 Å². The molecule has 0 aliphatic heterocycles. The number of amides is 3. The molecule has 2 N–H and O–H groups in total. The summed E-state index contributed by atoms with van der Waals surface area (Å²) in [5.74, 6) is 0.397. The number of benzene rings is 2. The van der Waals surface area contributed by atoms with Gasteiger partial charge in [-0.1, -0.05) is 31.4 Å². The van der Waals surface area contributed by atoms with Gasteiger partial charge in [-0.3, -0.25) is 14.4 Å². The van der Waals surface area contributed by atoms with E-state index in [0.29, 0.717) is 23.9 Å². The van der Waals surface area contributed by atoms with E-state index in [2.05, 4.69) is 10.6 Å². The van der Waals surface area contributed by atoms with Gasteiger partial charge in [-0.25, -0.2) is 0 Å². The Labute approximate surface area is 205 Å². The van der Waals surface area contributed by atoms with Gasteiger partial charge in [0.2, 0.25) is 11.8 Å². The molecule has 0 unspecified atom stereocenters. The van der Waals surface area contributed by atoms with Crippen molar-refractivity contribution in [3.8, 4) is 5.75 Å². The Balaban J connectivity index is 1.50. The first-order valence-electron chi connectivity index (χ1n) is 11.8. The molecule has 0 bridgehead atoms. The molecule has 1 aliphatic rings. The molecule has 0 aromatic heterocycles. The van der Waals surface area contributed by atoms with Crippen LogP contribution in [0.4, 0.5) is 5.69 Å². The lowest BCUT2D eigenvalue weighted by atomic mass is 9.94. The summed E-state index contributed by atoms with van der Waals surface area (Å²) in [5, 5.41) is 5.42. The third-order valence-corrected chi connectivity index (χ3v) is 6.92. The maximum Gasteiger partial charge on any atom is 0.252 e. The van der Waals surface area contributed by atoms with Gasteiger partial charge in [0.1, 0.15) is 5.75 Å². The van der Waals surface area contributed by atoms with Crippen LogP contribution < -0.4 is 15.4 Å². The van der Waals surface area contributed by atoms with Crippen molar-refractivity contribution in [2.24, 2.45) is 0 Å². The van der Waals surface area contributed by atoms with Gasteiger partial charge in [0.15, 0.2) is 0 Å². The van der Waals surface area contributed by atoms with Crippen LogP contribution in [0.15, 0.2) is 53.4 Å². The van der Waals surface area contributed by atoms with Crippen LogP contribution in [-0.4, -0.2) is 54.6 Å². The predicted octanol–water partition coefficient (Wildman–Crippen LogP) is 4.34. The summed E-state index contributed by atoms with van der Waals surface area (Å²) >= 11 is 1.35. The Bertz CT molecular complexity index is 974. The number of carbonyl (C=O) groups is 3. The number of nitrogens with zero attached hydrogens (tertiary/aromatic N) is 1. The van der Waals surface area contributed by atoms with Crippen LogP contribution >= 0.6 is 11.8 Å². The summed E-state index contributed by atoms with van der Waals surface area (Å²) in [6, 6.07) is 14.5. The zero-order valence-electron chi connectivity index (χ0n) is 19.8. The van der Waals surface area contributed by atoms with E-state index in [1.807, 2.05) is 31.0 Å². The molecule has 1 fully saturated rings. The third-order valence-electron chi connectivity index (χ3n) is 5.86. The number of nitrogens with one attached hydrogen (secondary N) is 2. The molecule has 1 saturated carbocycles. The average Bonchev–Trinajstić information content (AvgIpc) is 2.87. The van der Waals surface area contributed by atoms with Crippen molar-refractivity contribution in [2.45, 2.75) is 50.0 Å².